The number of rotatable bonds is 8. The van der Waals surface area contributed by atoms with Gasteiger partial charge in [0.25, 0.3) is 10.0 Å². The predicted molar refractivity (Wildman–Crippen MR) is 141 cm³/mol. The molecule has 0 saturated carbocycles. The number of carbonyl (C=O) groups excluding carboxylic acids is 2. The quantitative estimate of drug-likeness (QED) is 0.260. The van der Waals surface area contributed by atoms with E-state index in [4.69, 9.17) is 11.6 Å². The summed E-state index contributed by atoms with van der Waals surface area (Å²) in [6.45, 7) is 4.31. The Bertz CT molecular complexity index is 1730. The average Bonchev–Trinajstić information content (AvgIpc) is 3.22. The number of aryl methyl sites for hydroxylation is 2. The second-order valence-corrected chi connectivity index (χ2v) is 10.5. The molecule has 1 heterocycles. The van der Waals surface area contributed by atoms with Crippen molar-refractivity contribution in [3.8, 4) is 0 Å². The average molecular weight is 575 g/mol. The number of anilines is 3. The van der Waals surface area contributed by atoms with Crippen LogP contribution in [0.5, 0.6) is 0 Å². The number of benzene rings is 3. The zero-order chi connectivity index (χ0) is 28.5. The standard InChI is InChI=1S/C25H21ClF2N6O4S/c1-13-4-6-18(33-39(37,38)25-14(2)30-34(32-25)31-15(3)35)11-20(13)24(36)19-8-7-17(12-21(19)26)29-23-9-5-16(27)10-22(23)28/h4-12,29,33H,1-3H3,(H,31,35). The molecule has 4 aromatic rings. The van der Waals surface area contributed by atoms with Crippen molar-refractivity contribution in [2.45, 2.75) is 25.8 Å². The van der Waals surface area contributed by atoms with Crippen molar-refractivity contribution in [3.05, 3.63) is 93.6 Å². The van der Waals surface area contributed by atoms with E-state index in [9.17, 15) is 26.8 Å². The van der Waals surface area contributed by atoms with Gasteiger partial charge >= 0.3 is 0 Å². The van der Waals surface area contributed by atoms with Crippen LogP contribution in [-0.4, -0.2) is 35.2 Å². The van der Waals surface area contributed by atoms with Crippen LogP contribution >= 0.6 is 11.6 Å². The van der Waals surface area contributed by atoms with E-state index in [2.05, 4.69) is 25.7 Å². The second kappa shape index (κ2) is 10.8. The molecule has 3 aromatic carbocycles. The highest BCUT2D eigenvalue weighted by atomic mass is 35.5. The minimum Gasteiger partial charge on any atom is -0.353 e. The summed E-state index contributed by atoms with van der Waals surface area (Å²) < 4.78 is 55.4. The topological polar surface area (TPSA) is 135 Å². The Morgan fingerprint density at radius 2 is 1.64 bits per heavy atom. The smallest absolute Gasteiger partial charge is 0.283 e. The summed E-state index contributed by atoms with van der Waals surface area (Å²) in [5, 5.41) is 10.1. The largest absolute Gasteiger partial charge is 0.353 e. The van der Waals surface area contributed by atoms with Crippen molar-refractivity contribution >= 4 is 50.4 Å². The Morgan fingerprint density at radius 1 is 0.923 bits per heavy atom. The third-order valence-corrected chi connectivity index (χ3v) is 7.11. The summed E-state index contributed by atoms with van der Waals surface area (Å²) in [4.78, 5) is 25.3. The number of nitrogens with one attached hydrogen (secondary N) is 3. The molecule has 202 valence electrons. The molecule has 0 aliphatic heterocycles. The first-order valence-corrected chi connectivity index (χ1v) is 13.1. The van der Waals surface area contributed by atoms with E-state index in [1.54, 1.807) is 13.0 Å². The molecule has 0 bridgehead atoms. The summed E-state index contributed by atoms with van der Waals surface area (Å²) in [6.07, 6.45) is 0. The number of hydrogen-bond acceptors (Lipinski definition) is 7. The monoisotopic (exact) mass is 574 g/mol. The van der Waals surface area contributed by atoms with Crippen LogP contribution < -0.4 is 15.5 Å². The summed E-state index contributed by atoms with van der Waals surface area (Å²) in [6, 6.07) is 11.8. The highest BCUT2D eigenvalue weighted by Crippen LogP contribution is 2.29. The molecule has 0 saturated heterocycles. The maximum absolute atomic E-state index is 14.0. The van der Waals surface area contributed by atoms with E-state index in [-0.39, 0.29) is 33.2 Å². The fourth-order valence-electron chi connectivity index (χ4n) is 3.61. The van der Waals surface area contributed by atoms with Crippen molar-refractivity contribution in [2.75, 3.05) is 15.5 Å². The Hall–Kier alpha value is -4.36. The SMILES string of the molecule is CC(=O)Nn1nc(C)c(S(=O)(=O)Nc2ccc(C)c(C(=O)c3ccc(Nc4ccc(F)cc4F)cc3Cl)c2)n1. The minimum absolute atomic E-state index is 0.0229. The number of carbonyl (C=O) groups is 2. The van der Waals surface area contributed by atoms with Gasteiger partial charge in [0.15, 0.2) is 5.78 Å². The molecular formula is C25H21ClF2N6O4S. The Kier molecular flexibility index (Phi) is 7.65. The lowest BCUT2D eigenvalue weighted by molar-refractivity contribution is -0.115. The molecule has 0 spiro atoms. The maximum atomic E-state index is 14.0. The fourth-order valence-corrected chi connectivity index (χ4v) is 5.02. The molecule has 0 radical (unpaired) electrons. The van der Waals surface area contributed by atoms with Gasteiger partial charge in [-0.1, -0.05) is 22.6 Å². The summed E-state index contributed by atoms with van der Waals surface area (Å²) >= 11 is 6.37. The zero-order valence-electron chi connectivity index (χ0n) is 20.7. The lowest BCUT2D eigenvalue weighted by Gasteiger charge is -2.13. The van der Waals surface area contributed by atoms with E-state index < -0.39 is 38.4 Å². The molecule has 10 nitrogen and oxygen atoms in total. The fraction of sp³-hybridized carbons (Fsp3) is 0.120. The van der Waals surface area contributed by atoms with Crippen molar-refractivity contribution < 1.29 is 26.8 Å². The Labute approximate surface area is 227 Å². The molecule has 0 aliphatic rings. The van der Waals surface area contributed by atoms with Crippen LogP contribution in [0.3, 0.4) is 0 Å². The minimum atomic E-state index is -4.22. The molecule has 1 aromatic heterocycles. The first-order chi connectivity index (χ1) is 18.3. The molecule has 0 fully saturated rings. The lowest BCUT2D eigenvalue weighted by Crippen LogP contribution is -2.23. The van der Waals surface area contributed by atoms with Crippen LogP contribution in [0.4, 0.5) is 25.8 Å². The van der Waals surface area contributed by atoms with Crippen LogP contribution in [0, 0.1) is 25.5 Å². The molecule has 0 atom stereocenters. The van der Waals surface area contributed by atoms with Crippen molar-refractivity contribution in [1.29, 1.82) is 0 Å². The summed E-state index contributed by atoms with van der Waals surface area (Å²) in [5.41, 5.74) is 3.62. The van der Waals surface area contributed by atoms with Crippen LogP contribution in [0.25, 0.3) is 0 Å². The number of ketones is 1. The van der Waals surface area contributed by atoms with Gasteiger partial charge in [-0.2, -0.15) is 8.42 Å². The van der Waals surface area contributed by atoms with Gasteiger partial charge in [-0.05, 0) is 61.9 Å². The maximum Gasteiger partial charge on any atom is 0.283 e. The number of nitrogens with zero attached hydrogens (tertiary/aromatic N) is 3. The first-order valence-electron chi connectivity index (χ1n) is 11.3. The Balaban J connectivity index is 1.58. The van der Waals surface area contributed by atoms with Crippen molar-refractivity contribution in [3.63, 3.8) is 0 Å². The van der Waals surface area contributed by atoms with Gasteiger partial charge in [-0.25, -0.2) is 14.2 Å². The van der Waals surface area contributed by atoms with Gasteiger partial charge < -0.3 is 5.32 Å². The van der Waals surface area contributed by atoms with Gasteiger partial charge in [0, 0.05) is 35.5 Å². The van der Waals surface area contributed by atoms with Crippen LogP contribution in [0.2, 0.25) is 5.02 Å². The number of amides is 1. The van der Waals surface area contributed by atoms with Crippen LogP contribution in [0.15, 0.2) is 59.6 Å². The summed E-state index contributed by atoms with van der Waals surface area (Å²) in [5.74, 6) is -2.49. The first kappa shape index (κ1) is 27.7. The molecule has 4 rings (SSSR count). The molecule has 0 unspecified atom stereocenters. The van der Waals surface area contributed by atoms with Gasteiger partial charge in [0.05, 0.1) is 10.7 Å². The van der Waals surface area contributed by atoms with Gasteiger partial charge in [0.2, 0.25) is 10.9 Å². The second-order valence-electron chi connectivity index (χ2n) is 8.46. The van der Waals surface area contributed by atoms with E-state index in [0.29, 0.717) is 11.3 Å². The highest BCUT2D eigenvalue weighted by Gasteiger charge is 2.24. The normalized spacial score (nSPS) is 11.2. The molecule has 0 aliphatic carbocycles. The number of hydrogen-bond donors (Lipinski definition) is 3. The lowest BCUT2D eigenvalue weighted by atomic mass is 9.98. The zero-order valence-corrected chi connectivity index (χ0v) is 22.3. The van der Waals surface area contributed by atoms with Crippen molar-refractivity contribution in [2.24, 2.45) is 0 Å². The van der Waals surface area contributed by atoms with E-state index in [1.165, 1.54) is 50.2 Å². The van der Waals surface area contributed by atoms with Crippen LogP contribution in [-0.2, 0) is 14.8 Å². The van der Waals surface area contributed by atoms with E-state index >= 15 is 0 Å². The number of aromatic nitrogens is 3. The number of sulfonamides is 1. The van der Waals surface area contributed by atoms with Gasteiger partial charge in [-0.3, -0.25) is 14.3 Å². The molecule has 39 heavy (non-hydrogen) atoms. The van der Waals surface area contributed by atoms with Gasteiger partial charge in [0.1, 0.15) is 17.3 Å². The third-order valence-electron chi connectivity index (χ3n) is 5.41. The molecule has 1 amide bonds. The molecule has 14 heteroatoms. The number of halogens is 3. The van der Waals surface area contributed by atoms with Crippen LogP contribution in [0.1, 0.15) is 34.1 Å². The van der Waals surface area contributed by atoms with Crippen molar-refractivity contribution in [1.82, 2.24) is 15.1 Å². The van der Waals surface area contributed by atoms with E-state index in [1.807, 2.05) is 0 Å². The predicted octanol–water partition coefficient (Wildman–Crippen LogP) is 4.69. The van der Waals surface area contributed by atoms with E-state index in [0.717, 1.165) is 17.0 Å². The molecule has 3 N–H and O–H groups in total. The van der Waals surface area contributed by atoms with Gasteiger partial charge in [-0.15, -0.1) is 10.2 Å². The highest BCUT2D eigenvalue weighted by molar-refractivity contribution is 7.92. The molecular weight excluding hydrogens is 554 g/mol. The Morgan fingerprint density at radius 3 is 2.31 bits per heavy atom. The third kappa shape index (κ3) is 6.21. The summed E-state index contributed by atoms with van der Waals surface area (Å²) in [7, 11) is -4.22.